The van der Waals surface area contributed by atoms with Gasteiger partial charge < -0.3 is 0 Å². The summed E-state index contributed by atoms with van der Waals surface area (Å²) in [5.74, 6) is -0.445. The maximum atomic E-state index is 11.7. The van der Waals surface area contributed by atoms with Gasteiger partial charge in [0.25, 0.3) is 0 Å². The Morgan fingerprint density at radius 1 is 1.42 bits per heavy atom. The van der Waals surface area contributed by atoms with Crippen LogP contribution in [0.2, 0.25) is 0 Å². The summed E-state index contributed by atoms with van der Waals surface area (Å²) in [6.07, 6.45) is 5.77. The SMILES string of the molecule is CCC(CC)n1ccc(CC2CCC(=O)NC2=O)n1. The van der Waals surface area contributed by atoms with E-state index in [0.717, 1.165) is 18.5 Å². The average molecular weight is 263 g/mol. The molecule has 5 nitrogen and oxygen atoms in total. The van der Waals surface area contributed by atoms with E-state index in [2.05, 4.69) is 24.3 Å². The second-order valence-corrected chi connectivity index (χ2v) is 5.11. The highest BCUT2D eigenvalue weighted by molar-refractivity contribution is 5.98. The molecule has 104 valence electrons. The van der Waals surface area contributed by atoms with Gasteiger partial charge in [0, 0.05) is 25.0 Å². The number of nitrogens with zero attached hydrogens (tertiary/aromatic N) is 2. The summed E-state index contributed by atoms with van der Waals surface area (Å²) >= 11 is 0. The molecule has 2 rings (SSSR count). The second-order valence-electron chi connectivity index (χ2n) is 5.11. The molecular formula is C14H21N3O2. The van der Waals surface area contributed by atoms with Crippen molar-refractivity contribution < 1.29 is 9.59 Å². The van der Waals surface area contributed by atoms with Crippen LogP contribution >= 0.6 is 0 Å². The van der Waals surface area contributed by atoms with Crippen molar-refractivity contribution in [3.05, 3.63) is 18.0 Å². The molecule has 0 aromatic carbocycles. The Bertz CT molecular complexity index is 463. The van der Waals surface area contributed by atoms with Gasteiger partial charge in [-0.15, -0.1) is 0 Å². The van der Waals surface area contributed by atoms with Crippen molar-refractivity contribution in [3.63, 3.8) is 0 Å². The summed E-state index contributed by atoms with van der Waals surface area (Å²) in [6, 6.07) is 2.40. The van der Waals surface area contributed by atoms with Crippen molar-refractivity contribution in [3.8, 4) is 0 Å². The van der Waals surface area contributed by atoms with Crippen molar-refractivity contribution in [1.29, 1.82) is 0 Å². The molecule has 1 unspecified atom stereocenters. The van der Waals surface area contributed by atoms with Crippen molar-refractivity contribution in [2.24, 2.45) is 5.92 Å². The van der Waals surface area contributed by atoms with Gasteiger partial charge in [-0.1, -0.05) is 13.8 Å². The van der Waals surface area contributed by atoms with Gasteiger partial charge in [-0.05, 0) is 25.3 Å². The molecule has 1 atom stereocenters. The van der Waals surface area contributed by atoms with Crippen molar-refractivity contribution >= 4 is 11.8 Å². The molecule has 0 radical (unpaired) electrons. The summed E-state index contributed by atoms with van der Waals surface area (Å²) in [6.45, 7) is 4.30. The number of aromatic nitrogens is 2. The molecule has 1 fully saturated rings. The van der Waals surface area contributed by atoms with Crippen LogP contribution in [0.25, 0.3) is 0 Å². The highest BCUT2D eigenvalue weighted by Gasteiger charge is 2.27. The lowest BCUT2D eigenvalue weighted by Crippen LogP contribution is -2.41. The molecule has 2 amide bonds. The second kappa shape index (κ2) is 5.99. The van der Waals surface area contributed by atoms with E-state index in [4.69, 9.17) is 0 Å². The first-order chi connectivity index (χ1) is 9.13. The lowest BCUT2D eigenvalue weighted by molar-refractivity contribution is -0.136. The Morgan fingerprint density at radius 3 is 2.79 bits per heavy atom. The highest BCUT2D eigenvalue weighted by atomic mass is 16.2. The Labute approximate surface area is 113 Å². The normalized spacial score (nSPS) is 19.8. The summed E-state index contributed by atoms with van der Waals surface area (Å²) in [5.41, 5.74) is 0.932. The van der Waals surface area contributed by atoms with Crippen LogP contribution in [0.3, 0.4) is 0 Å². The number of nitrogens with one attached hydrogen (secondary N) is 1. The molecule has 1 aromatic heterocycles. The Balaban J connectivity index is 2.00. The lowest BCUT2D eigenvalue weighted by Gasteiger charge is -2.19. The number of amides is 2. The minimum absolute atomic E-state index is 0.122. The van der Waals surface area contributed by atoms with Crippen LogP contribution in [-0.4, -0.2) is 21.6 Å². The van der Waals surface area contributed by atoms with Gasteiger partial charge in [0.2, 0.25) is 11.8 Å². The van der Waals surface area contributed by atoms with Gasteiger partial charge in [0.05, 0.1) is 11.7 Å². The summed E-state index contributed by atoms with van der Waals surface area (Å²) in [7, 11) is 0. The van der Waals surface area contributed by atoms with Crippen molar-refractivity contribution in [1.82, 2.24) is 15.1 Å². The highest BCUT2D eigenvalue weighted by Crippen LogP contribution is 2.19. The van der Waals surface area contributed by atoms with E-state index in [-0.39, 0.29) is 17.7 Å². The average Bonchev–Trinajstić information content (AvgIpc) is 2.83. The van der Waals surface area contributed by atoms with Crippen LogP contribution in [0.5, 0.6) is 0 Å². The Morgan fingerprint density at radius 2 is 2.16 bits per heavy atom. The standard InChI is InChI=1S/C14H21N3O2/c1-3-12(4-2)17-8-7-11(16-17)9-10-5-6-13(18)15-14(10)19/h7-8,10,12H,3-6,9H2,1-2H3,(H,15,18,19). The van der Waals surface area contributed by atoms with Crippen molar-refractivity contribution in [2.45, 2.75) is 52.0 Å². The summed E-state index contributed by atoms with van der Waals surface area (Å²) in [4.78, 5) is 22.8. The van der Waals surface area contributed by atoms with Crippen LogP contribution in [-0.2, 0) is 16.0 Å². The zero-order valence-corrected chi connectivity index (χ0v) is 11.6. The van der Waals surface area contributed by atoms with Crippen LogP contribution < -0.4 is 5.32 Å². The maximum absolute atomic E-state index is 11.7. The minimum Gasteiger partial charge on any atom is -0.296 e. The number of rotatable bonds is 5. The van der Waals surface area contributed by atoms with Gasteiger partial charge in [0.1, 0.15) is 0 Å². The molecule has 0 bridgehead atoms. The van der Waals surface area contributed by atoms with E-state index < -0.39 is 0 Å². The molecule has 1 N–H and O–H groups in total. The van der Waals surface area contributed by atoms with Gasteiger partial charge >= 0.3 is 0 Å². The Hall–Kier alpha value is -1.65. The predicted octanol–water partition coefficient (Wildman–Crippen LogP) is 1.84. The van der Waals surface area contributed by atoms with Crippen LogP contribution in [0.1, 0.15) is 51.3 Å². The molecule has 1 aliphatic rings. The molecule has 0 saturated carbocycles. The first-order valence-corrected chi connectivity index (χ1v) is 7.01. The monoisotopic (exact) mass is 263 g/mol. The predicted molar refractivity (Wildman–Crippen MR) is 71.4 cm³/mol. The summed E-state index contributed by atoms with van der Waals surface area (Å²) < 4.78 is 1.99. The molecular weight excluding hydrogens is 242 g/mol. The van der Waals surface area contributed by atoms with Crippen LogP contribution in [0.4, 0.5) is 0 Å². The van der Waals surface area contributed by atoms with Crippen LogP contribution in [0.15, 0.2) is 12.3 Å². The number of piperidine rings is 1. The van der Waals surface area contributed by atoms with Gasteiger partial charge in [-0.2, -0.15) is 5.10 Å². The molecule has 0 aliphatic carbocycles. The van der Waals surface area contributed by atoms with E-state index in [0.29, 0.717) is 25.3 Å². The number of hydrogen-bond donors (Lipinski definition) is 1. The van der Waals surface area contributed by atoms with Gasteiger partial charge in [0.15, 0.2) is 0 Å². The van der Waals surface area contributed by atoms with E-state index in [1.54, 1.807) is 0 Å². The topological polar surface area (TPSA) is 64.0 Å². The first-order valence-electron chi connectivity index (χ1n) is 7.01. The smallest absolute Gasteiger partial charge is 0.230 e. The molecule has 1 aromatic rings. The maximum Gasteiger partial charge on any atom is 0.230 e. The lowest BCUT2D eigenvalue weighted by atomic mass is 9.93. The fourth-order valence-corrected chi connectivity index (χ4v) is 2.54. The third-order valence-electron chi connectivity index (χ3n) is 3.79. The van der Waals surface area contributed by atoms with Crippen molar-refractivity contribution in [2.75, 3.05) is 0 Å². The number of carbonyl (C=O) groups is 2. The molecule has 1 saturated heterocycles. The number of carbonyl (C=O) groups excluding carboxylic acids is 2. The van der Waals surface area contributed by atoms with Crippen LogP contribution in [0, 0.1) is 5.92 Å². The molecule has 2 heterocycles. The van der Waals surface area contributed by atoms with E-state index in [9.17, 15) is 9.59 Å². The summed E-state index contributed by atoms with van der Waals surface area (Å²) in [5, 5.41) is 6.94. The van der Waals surface area contributed by atoms with E-state index >= 15 is 0 Å². The van der Waals surface area contributed by atoms with Gasteiger partial charge in [-0.25, -0.2) is 0 Å². The zero-order chi connectivity index (χ0) is 13.8. The quantitative estimate of drug-likeness (QED) is 0.824. The number of hydrogen-bond acceptors (Lipinski definition) is 3. The molecule has 0 spiro atoms. The minimum atomic E-state index is -0.163. The molecule has 1 aliphatic heterocycles. The zero-order valence-electron chi connectivity index (χ0n) is 11.6. The largest absolute Gasteiger partial charge is 0.296 e. The fraction of sp³-hybridized carbons (Fsp3) is 0.643. The van der Waals surface area contributed by atoms with E-state index in [1.807, 2.05) is 16.9 Å². The Kier molecular flexibility index (Phi) is 4.35. The molecule has 19 heavy (non-hydrogen) atoms. The fourth-order valence-electron chi connectivity index (χ4n) is 2.54. The first kappa shape index (κ1) is 13.8. The van der Waals surface area contributed by atoms with E-state index in [1.165, 1.54) is 0 Å². The molecule has 5 heteroatoms. The third kappa shape index (κ3) is 3.22. The third-order valence-corrected chi connectivity index (χ3v) is 3.79. The van der Waals surface area contributed by atoms with Gasteiger partial charge in [-0.3, -0.25) is 19.6 Å². The number of imide groups is 1.